The van der Waals surface area contributed by atoms with Crippen LogP contribution in [0.3, 0.4) is 0 Å². The molecular weight excluding hydrogens is 362 g/mol. The summed E-state index contributed by atoms with van der Waals surface area (Å²) in [5.74, 6) is -0.0409. The van der Waals surface area contributed by atoms with Gasteiger partial charge in [0.25, 0.3) is 0 Å². The molecule has 0 unspecified atom stereocenters. The summed E-state index contributed by atoms with van der Waals surface area (Å²) < 4.78 is 28.1. The fraction of sp³-hybridized carbons (Fsp3) is 0.650. The zero-order valence-electron chi connectivity index (χ0n) is 17.4. The summed E-state index contributed by atoms with van der Waals surface area (Å²) in [6, 6.07) is 4.01. The van der Waals surface area contributed by atoms with Gasteiger partial charge < -0.3 is 5.32 Å². The number of nitrogens with one attached hydrogen (secondary N) is 1. The highest BCUT2D eigenvalue weighted by atomic mass is 32.2. The summed E-state index contributed by atoms with van der Waals surface area (Å²) in [6.07, 6.45) is 0. The van der Waals surface area contributed by atoms with E-state index >= 15 is 0 Å². The van der Waals surface area contributed by atoms with Gasteiger partial charge in [0, 0.05) is 46.2 Å². The van der Waals surface area contributed by atoms with Gasteiger partial charge >= 0.3 is 0 Å². The van der Waals surface area contributed by atoms with E-state index in [-0.39, 0.29) is 11.3 Å². The third-order valence-corrected chi connectivity index (χ3v) is 7.26. The Labute approximate surface area is 164 Å². The van der Waals surface area contributed by atoms with E-state index in [0.29, 0.717) is 37.6 Å². The lowest BCUT2D eigenvalue weighted by Gasteiger charge is -2.34. The summed E-state index contributed by atoms with van der Waals surface area (Å²) >= 11 is 0. The van der Waals surface area contributed by atoms with Crippen LogP contribution in [-0.4, -0.2) is 62.8 Å². The molecule has 27 heavy (non-hydrogen) atoms. The summed E-state index contributed by atoms with van der Waals surface area (Å²) in [7, 11) is -3.51. The molecule has 152 valence electrons. The Morgan fingerprint density at radius 2 is 1.59 bits per heavy atom. The number of carbonyl (C=O) groups excluding carboxylic acids is 1. The normalized spacial score (nSPS) is 17.1. The largest absolute Gasteiger partial charge is 0.355 e. The maximum Gasteiger partial charge on any atom is 0.243 e. The Balaban J connectivity index is 2.13. The van der Waals surface area contributed by atoms with E-state index in [1.165, 1.54) is 6.92 Å². The Bertz CT molecular complexity index is 766. The van der Waals surface area contributed by atoms with Gasteiger partial charge in [0.05, 0.1) is 4.90 Å². The number of aryl methyl sites for hydroxylation is 2. The monoisotopic (exact) mass is 395 g/mol. The molecule has 1 aliphatic heterocycles. The number of hydrogen-bond donors (Lipinski definition) is 1. The Morgan fingerprint density at radius 3 is 2.04 bits per heavy atom. The number of benzene rings is 1. The fourth-order valence-corrected chi connectivity index (χ4v) is 5.34. The second kappa shape index (κ2) is 8.29. The van der Waals surface area contributed by atoms with Crippen molar-refractivity contribution in [2.75, 3.05) is 39.3 Å². The number of hydrogen-bond acceptors (Lipinski definition) is 4. The molecule has 1 aliphatic rings. The van der Waals surface area contributed by atoms with Crippen LogP contribution in [0.1, 0.15) is 44.4 Å². The summed E-state index contributed by atoms with van der Waals surface area (Å²) in [5, 5.41) is 2.78. The molecule has 1 aromatic carbocycles. The minimum absolute atomic E-state index is 0.0165. The number of rotatable bonds is 5. The summed E-state index contributed by atoms with van der Waals surface area (Å²) in [6.45, 7) is 15.3. The quantitative estimate of drug-likeness (QED) is 0.828. The van der Waals surface area contributed by atoms with Crippen molar-refractivity contribution in [2.24, 2.45) is 0 Å². The molecule has 1 aromatic rings. The third-order valence-electron chi connectivity index (χ3n) is 5.06. The molecule has 7 heteroatoms. The molecule has 0 aliphatic carbocycles. The highest BCUT2D eigenvalue weighted by molar-refractivity contribution is 7.89. The van der Waals surface area contributed by atoms with Crippen molar-refractivity contribution in [3.8, 4) is 0 Å². The first kappa shape index (κ1) is 21.9. The van der Waals surface area contributed by atoms with E-state index in [9.17, 15) is 13.2 Å². The standard InChI is InChI=1S/C20H33N3O3S/c1-15-13-18(20(4,5)6)14-16(2)19(15)27(25,26)23-11-9-22(10-12-23)8-7-21-17(3)24/h13-14H,7-12H2,1-6H3,(H,21,24). The molecular formula is C20H33N3O3S. The van der Waals surface area contributed by atoms with Crippen LogP contribution in [0.5, 0.6) is 0 Å². The zero-order chi connectivity index (χ0) is 20.4. The molecule has 2 rings (SSSR count). The molecule has 0 aromatic heterocycles. The van der Waals surface area contributed by atoms with Crippen molar-refractivity contribution in [3.05, 3.63) is 28.8 Å². The van der Waals surface area contributed by atoms with Gasteiger partial charge in [-0.2, -0.15) is 4.31 Å². The Kier molecular flexibility index (Phi) is 6.71. The first-order chi connectivity index (χ1) is 12.4. The minimum Gasteiger partial charge on any atom is -0.355 e. The number of nitrogens with zero attached hydrogens (tertiary/aromatic N) is 2. The molecule has 1 saturated heterocycles. The average Bonchev–Trinajstić information content (AvgIpc) is 2.53. The van der Waals surface area contributed by atoms with Gasteiger partial charge in [-0.25, -0.2) is 8.42 Å². The van der Waals surface area contributed by atoms with E-state index < -0.39 is 10.0 Å². The first-order valence-electron chi connectivity index (χ1n) is 9.51. The number of carbonyl (C=O) groups is 1. The van der Waals surface area contributed by atoms with Crippen LogP contribution >= 0.6 is 0 Å². The van der Waals surface area contributed by atoms with Gasteiger partial charge in [-0.15, -0.1) is 0 Å². The van der Waals surface area contributed by atoms with Gasteiger partial charge in [-0.05, 0) is 36.0 Å². The van der Waals surface area contributed by atoms with Crippen LogP contribution in [0.25, 0.3) is 0 Å². The van der Waals surface area contributed by atoms with Crippen molar-refractivity contribution in [1.82, 2.24) is 14.5 Å². The molecule has 1 heterocycles. The molecule has 6 nitrogen and oxygen atoms in total. The topological polar surface area (TPSA) is 69.7 Å². The first-order valence-corrected chi connectivity index (χ1v) is 11.0. The molecule has 1 amide bonds. The highest BCUT2D eigenvalue weighted by Gasteiger charge is 2.31. The van der Waals surface area contributed by atoms with Crippen molar-refractivity contribution < 1.29 is 13.2 Å². The predicted octanol–water partition coefficient (Wildman–Crippen LogP) is 2.04. The second-order valence-electron chi connectivity index (χ2n) is 8.42. The second-order valence-corrected chi connectivity index (χ2v) is 10.3. The van der Waals surface area contributed by atoms with Crippen LogP contribution in [0.4, 0.5) is 0 Å². The Morgan fingerprint density at radius 1 is 1.07 bits per heavy atom. The minimum atomic E-state index is -3.51. The van der Waals surface area contributed by atoms with Gasteiger partial charge in [0.2, 0.25) is 15.9 Å². The molecule has 0 saturated carbocycles. The molecule has 0 spiro atoms. The number of amides is 1. The van der Waals surface area contributed by atoms with Crippen LogP contribution in [0.15, 0.2) is 17.0 Å². The van der Waals surface area contributed by atoms with Crippen molar-refractivity contribution in [2.45, 2.75) is 51.9 Å². The van der Waals surface area contributed by atoms with E-state index in [0.717, 1.165) is 23.2 Å². The third kappa shape index (κ3) is 5.30. The average molecular weight is 396 g/mol. The van der Waals surface area contributed by atoms with Crippen molar-refractivity contribution in [1.29, 1.82) is 0 Å². The lowest BCUT2D eigenvalue weighted by molar-refractivity contribution is -0.119. The van der Waals surface area contributed by atoms with Crippen molar-refractivity contribution in [3.63, 3.8) is 0 Å². The van der Waals surface area contributed by atoms with Gasteiger partial charge in [0.15, 0.2) is 0 Å². The maximum absolute atomic E-state index is 13.3. The van der Waals surface area contributed by atoms with Crippen LogP contribution in [-0.2, 0) is 20.2 Å². The maximum atomic E-state index is 13.3. The van der Waals surface area contributed by atoms with Crippen molar-refractivity contribution >= 4 is 15.9 Å². The predicted molar refractivity (Wildman–Crippen MR) is 108 cm³/mol. The molecule has 0 bridgehead atoms. The summed E-state index contributed by atoms with van der Waals surface area (Å²) in [5.41, 5.74) is 2.76. The highest BCUT2D eigenvalue weighted by Crippen LogP contribution is 2.31. The smallest absolute Gasteiger partial charge is 0.243 e. The Hall–Kier alpha value is -1.44. The van der Waals surface area contributed by atoms with Crippen LogP contribution in [0.2, 0.25) is 0 Å². The van der Waals surface area contributed by atoms with E-state index in [1.54, 1.807) is 4.31 Å². The van der Waals surface area contributed by atoms with Crippen LogP contribution in [0, 0.1) is 13.8 Å². The fourth-order valence-electron chi connectivity index (χ4n) is 3.50. The van der Waals surface area contributed by atoms with Crippen LogP contribution < -0.4 is 5.32 Å². The van der Waals surface area contributed by atoms with Gasteiger partial charge in [-0.1, -0.05) is 32.9 Å². The van der Waals surface area contributed by atoms with Gasteiger partial charge in [0.1, 0.15) is 0 Å². The van der Waals surface area contributed by atoms with E-state index in [1.807, 2.05) is 26.0 Å². The summed E-state index contributed by atoms with van der Waals surface area (Å²) in [4.78, 5) is 13.6. The van der Waals surface area contributed by atoms with Gasteiger partial charge in [-0.3, -0.25) is 9.69 Å². The SMILES string of the molecule is CC(=O)NCCN1CCN(S(=O)(=O)c2c(C)cc(C(C)(C)C)cc2C)CC1. The number of piperazine rings is 1. The molecule has 1 fully saturated rings. The molecule has 0 radical (unpaired) electrons. The van der Waals surface area contributed by atoms with E-state index in [4.69, 9.17) is 0 Å². The molecule has 0 atom stereocenters. The molecule has 1 N–H and O–H groups in total. The lowest BCUT2D eigenvalue weighted by atomic mass is 9.85. The van der Waals surface area contributed by atoms with E-state index in [2.05, 4.69) is 31.0 Å². The zero-order valence-corrected chi connectivity index (χ0v) is 18.2. The lowest BCUT2D eigenvalue weighted by Crippen LogP contribution is -2.50. The number of sulfonamides is 1.